The van der Waals surface area contributed by atoms with E-state index >= 15 is 0 Å². The summed E-state index contributed by atoms with van der Waals surface area (Å²) < 4.78 is 7.19. The minimum absolute atomic E-state index is 0.126. The van der Waals surface area contributed by atoms with Gasteiger partial charge in [0.15, 0.2) is 0 Å². The Hall–Kier alpha value is -3.38. The average molecular weight is 475 g/mol. The van der Waals surface area contributed by atoms with Crippen LogP contribution in [0.2, 0.25) is 0 Å². The van der Waals surface area contributed by atoms with Gasteiger partial charge in [-0.2, -0.15) is 0 Å². The molecule has 1 fully saturated rings. The van der Waals surface area contributed by atoms with Crippen LogP contribution < -0.4 is 0 Å². The molecular weight excluding hydrogens is 440 g/mol. The predicted octanol–water partition coefficient (Wildman–Crippen LogP) is 5.24. The zero-order valence-electron chi connectivity index (χ0n) is 21.4. The number of likely N-dealkylation sites (tertiary alicyclic amines) is 1. The topological polar surface area (TPSA) is 71.8 Å². The highest BCUT2D eigenvalue weighted by molar-refractivity contribution is 6.46. The summed E-state index contributed by atoms with van der Waals surface area (Å²) in [7, 11) is 3.56. The van der Waals surface area contributed by atoms with E-state index in [-0.39, 0.29) is 16.7 Å². The molecule has 0 saturated carbocycles. The average Bonchev–Trinajstić information content (AvgIpc) is 3.27. The van der Waals surface area contributed by atoms with Crippen molar-refractivity contribution < 1.29 is 19.4 Å². The second-order valence-electron chi connectivity index (χ2n) is 10.3. The molecule has 0 radical (unpaired) electrons. The molecule has 1 atom stereocenters. The van der Waals surface area contributed by atoms with Crippen LogP contribution in [-0.4, -0.2) is 46.5 Å². The molecule has 0 spiro atoms. The number of benzene rings is 2. The lowest BCUT2D eigenvalue weighted by molar-refractivity contribution is -0.140. The van der Waals surface area contributed by atoms with E-state index in [1.807, 2.05) is 67.2 Å². The number of para-hydroxylation sites is 1. The summed E-state index contributed by atoms with van der Waals surface area (Å²) >= 11 is 0. The first-order chi connectivity index (χ1) is 16.6. The van der Waals surface area contributed by atoms with Gasteiger partial charge in [0, 0.05) is 55.5 Å². The van der Waals surface area contributed by atoms with Crippen molar-refractivity contribution in [3.63, 3.8) is 0 Å². The smallest absolute Gasteiger partial charge is 0.295 e. The summed E-state index contributed by atoms with van der Waals surface area (Å²) in [5.74, 6) is -1.37. The van der Waals surface area contributed by atoms with Gasteiger partial charge in [-0.3, -0.25) is 9.59 Å². The summed E-state index contributed by atoms with van der Waals surface area (Å²) in [6.45, 7) is 9.04. The number of nitrogens with zero attached hydrogens (tertiary/aromatic N) is 2. The molecule has 2 heterocycles. The zero-order chi connectivity index (χ0) is 25.5. The quantitative estimate of drug-likeness (QED) is 0.229. The van der Waals surface area contributed by atoms with Crippen molar-refractivity contribution >= 4 is 28.4 Å². The minimum Gasteiger partial charge on any atom is -0.507 e. The lowest BCUT2D eigenvalue weighted by atomic mass is 9.84. The SMILES string of the molecule is COCCCN1C(=O)C(=O)/C(=C(/O)c2cc(C(C)(C)C)ccc2C)C1c1cn(C)c2ccccc12. The number of carbonyl (C=O) groups is 2. The maximum absolute atomic E-state index is 13.4. The van der Waals surface area contributed by atoms with Crippen molar-refractivity contribution in [1.82, 2.24) is 9.47 Å². The molecule has 0 aliphatic carbocycles. The number of hydrogen-bond donors (Lipinski definition) is 1. The van der Waals surface area contributed by atoms with Crippen LogP contribution in [0.1, 0.15) is 55.5 Å². The fourth-order valence-electron chi connectivity index (χ4n) is 4.89. The Kier molecular flexibility index (Phi) is 6.60. The van der Waals surface area contributed by atoms with Gasteiger partial charge >= 0.3 is 0 Å². The van der Waals surface area contributed by atoms with Crippen LogP contribution in [0.15, 0.2) is 54.2 Å². The van der Waals surface area contributed by atoms with E-state index in [0.29, 0.717) is 25.1 Å². The number of ether oxygens (including phenoxy) is 1. The molecule has 1 aliphatic heterocycles. The van der Waals surface area contributed by atoms with Crippen molar-refractivity contribution in [3.05, 3.63) is 76.5 Å². The lowest BCUT2D eigenvalue weighted by Gasteiger charge is -2.25. The van der Waals surface area contributed by atoms with Gasteiger partial charge in [0.1, 0.15) is 5.76 Å². The van der Waals surface area contributed by atoms with E-state index in [4.69, 9.17) is 4.74 Å². The number of amides is 1. The summed E-state index contributed by atoms with van der Waals surface area (Å²) in [6.07, 6.45) is 2.54. The Balaban J connectivity index is 1.96. The van der Waals surface area contributed by atoms with Crippen LogP contribution >= 0.6 is 0 Å². The normalized spacial score (nSPS) is 18.1. The number of aliphatic hydroxyl groups is 1. The fraction of sp³-hybridized carbons (Fsp3) is 0.379. The third-order valence-corrected chi connectivity index (χ3v) is 6.87. The minimum atomic E-state index is -0.685. The number of hydrogen-bond acceptors (Lipinski definition) is 4. The third kappa shape index (κ3) is 4.39. The number of fused-ring (bicyclic) bond motifs is 1. The fourth-order valence-corrected chi connectivity index (χ4v) is 4.89. The molecule has 3 aromatic rings. The van der Waals surface area contributed by atoms with Gasteiger partial charge in [0.05, 0.1) is 11.6 Å². The first-order valence-electron chi connectivity index (χ1n) is 12.0. The highest BCUT2D eigenvalue weighted by atomic mass is 16.5. The van der Waals surface area contributed by atoms with Crippen LogP contribution in [0.25, 0.3) is 16.7 Å². The van der Waals surface area contributed by atoms with Gasteiger partial charge in [-0.1, -0.05) is 51.1 Å². The van der Waals surface area contributed by atoms with E-state index < -0.39 is 17.7 Å². The second-order valence-corrected chi connectivity index (χ2v) is 10.3. The molecule has 6 nitrogen and oxygen atoms in total. The molecule has 1 aromatic heterocycles. The van der Waals surface area contributed by atoms with Gasteiger partial charge in [-0.15, -0.1) is 0 Å². The van der Waals surface area contributed by atoms with E-state index in [1.165, 1.54) is 0 Å². The molecule has 1 amide bonds. The predicted molar refractivity (Wildman–Crippen MR) is 138 cm³/mol. The van der Waals surface area contributed by atoms with E-state index in [2.05, 4.69) is 20.8 Å². The number of methoxy groups -OCH3 is 1. The molecular formula is C29H34N2O4. The first kappa shape index (κ1) is 24.7. The van der Waals surface area contributed by atoms with Crippen LogP contribution in [0, 0.1) is 6.92 Å². The van der Waals surface area contributed by atoms with Crippen molar-refractivity contribution in [3.8, 4) is 0 Å². The van der Waals surface area contributed by atoms with E-state index in [9.17, 15) is 14.7 Å². The Morgan fingerprint density at radius 2 is 1.83 bits per heavy atom. The van der Waals surface area contributed by atoms with Gasteiger partial charge in [-0.25, -0.2) is 0 Å². The highest BCUT2D eigenvalue weighted by Gasteiger charge is 2.46. The number of carbonyl (C=O) groups excluding carboxylic acids is 2. The number of rotatable bonds is 6. The van der Waals surface area contributed by atoms with Crippen LogP contribution in [-0.2, 0) is 26.8 Å². The van der Waals surface area contributed by atoms with Crippen molar-refractivity contribution in [2.24, 2.45) is 7.05 Å². The number of Topliss-reactive ketones (excluding diaryl/α,β-unsaturated/α-hetero) is 1. The van der Waals surface area contributed by atoms with Crippen molar-refractivity contribution in [2.75, 3.05) is 20.3 Å². The van der Waals surface area contributed by atoms with Gasteiger partial charge in [0.2, 0.25) is 0 Å². The molecule has 4 rings (SSSR count). The first-order valence-corrected chi connectivity index (χ1v) is 12.0. The van der Waals surface area contributed by atoms with Gasteiger partial charge in [-0.05, 0) is 42.0 Å². The molecule has 184 valence electrons. The monoisotopic (exact) mass is 474 g/mol. The van der Waals surface area contributed by atoms with Gasteiger partial charge in [0.25, 0.3) is 11.7 Å². The third-order valence-electron chi connectivity index (χ3n) is 6.87. The number of aliphatic hydroxyl groups excluding tert-OH is 1. The molecule has 1 saturated heterocycles. The summed E-state index contributed by atoms with van der Waals surface area (Å²) in [5.41, 5.74) is 4.29. The Labute approximate surface area is 206 Å². The zero-order valence-corrected chi connectivity index (χ0v) is 21.4. The largest absolute Gasteiger partial charge is 0.507 e. The molecule has 6 heteroatoms. The van der Waals surface area contributed by atoms with Crippen LogP contribution in [0.3, 0.4) is 0 Å². The van der Waals surface area contributed by atoms with Crippen LogP contribution in [0.4, 0.5) is 0 Å². The Morgan fingerprint density at radius 3 is 2.51 bits per heavy atom. The van der Waals surface area contributed by atoms with Crippen molar-refractivity contribution in [2.45, 2.75) is 45.6 Å². The summed E-state index contributed by atoms with van der Waals surface area (Å²) in [5, 5.41) is 12.6. The summed E-state index contributed by atoms with van der Waals surface area (Å²) in [4.78, 5) is 28.3. The molecule has 1 N–H and O–H groups in total. The molecule has 1 unspecified atom stereocenters. The number of aromatic nitrogens is 1. The number of aryl methyl sites for hydroxylation is 2. The van der Waals surface area contributed by atoms with E-state index in [1.54, 1.807) is 12.0 Å². The van der Waals surface area contributed by atoms with Crippen molar-refractivity contribution in [1.29, 1.82) is 0 Å². The molecule has 0 bridgehead atoms. The second kappa shape index (κ2) is 9.34. The molecule has 1 aliphatic rings. The molecule has 35 heavy (non-hydrogen) atoms. The Bertz CT molecular complexity index is 1330. The Morgan fingerprint density at radius 1 is 1.11 bits per heavy atom. The standard InChI is InChI=1S/C29H34N2O4/c1-18-12-13-19(29(2,3)4)16-21(18)26(32)24-25(31(14-9-15-35-6)28(34)27(24)33)22-17-30(5)23-11-8-7-10-20(22)23/h7-8,10-13,16-17,25,32H,9,14-15H2,1-6H3/b26-24+. The van der Waals surface area contributed by atoms with E-state index in [0.717, 1.165) is 27.6 Å². The maximum Gasteiger partial charge on any atom is 0.295 e. The summed E-state index contributed by atoms with van der Waals surface area (Å²) in [6, 6.07) is 13.1. The number of ketones is 1. The molecule has 2 aromatic carbocycles. The lowest BCUT2D eigenvalue weighted by Crippen LogP contribution is -2.31. The van der Waals surface area contributed by atoms with Gasteiger partial charge < -0.3 is 19.3 Å². The maximum atomic E-state index is 13.4. The van der Waals surface area contributed by atoms with Crippen LogP contribution in [0.5, 0.6) is 0 Å². The highest BCUT2D eigenvalue weighted by Crippen LogP contribution is 2.43.